The zero-order valence-electron chi connectivity index (χ0n) is 10.5. The molecule has 0 aliphatic heterocycles. The van der Waals surface area contributed by atoms with Gasteiger partial charge >= 0.3 is 0 Å². The number of aliphatic hydroxyl groups excluding tert-OH is 1. The first-order valence-corrected chi connectivity index (χ1v) is 7.77. The smallest absolute Gasteiger partial charge is 0.182 e. The zero-order valence-corrected chi connectivity index (χ0v) is 12.1. The maximum atomic E-state index is 11.6. The van der Waals surface area contributed by atoms with Gasteiger partial charge in [0.2, 0.25) is 0 Å². The minimum atomic E-state index is -3.45. The lowest BCUT2D eigenvalue weighted by atomic mass is 10.3. The van der Waals surface area contributed by atoms with E-state index in [1.165, 1.54) is 7.11 Å². The summed E-state index contributed by atoms with van der Waals surface area (Å²) >= 11 is 0.991. The summed E-state index contributed by atoms with van der Waals surface area (Å²) in [6.07, 6.45) is 0.367. The molecular weight excluding hydrogens is 278 g/mol. The topological polar surface area (TPSA) is 106 Å². The van der Waals surface area contributed by atoms with Gasteiger partial charge in [-0.15, -0.1) is 0 Å². The summed E-state index contributed by atoms with van der Waals surface area (Å²) in [6, 6.07) is 0. The van der Waals surface area contributed by atoms with E-state index in [1.807, 2.05) is 0 Å². The standard InChI is InChI=1S/C9H17N3O4S2/c1-12(4-6(13)5-16-2)9-7(18(3,14)15)8(10)11-17-9/h6,13H,4-5H2,1-3H3,(H2,10,11). The van der Waals surface area contributed by atoms with E-state index in [2.05, 4.69) is 4.37 Å². The molecule has 1 rings (SSSR count). The van der Waals surface area contributed by atoms with Crippen molar-refractivity contribution in [3.8, 4) is 0 Å². The van der Waals surface area contributed by atoms with Crippen LogP contribution in [-0.2, 0) is 14.6 Å². The summed E-state index contributed by atoms with van der Waals surface area (Å²) in [4.78, 5) is 1.62. The molecule has 0 fully saturated rings. The Balaban J connectivity index is 2.97. The number of aromatic nitrogens is 1. The van der Waals surface area contributed by atoms with E-state index in [0.29, 0.717) is 5.00 Å². The number of ether oxygens (including phenoxy) is 1. The molecule has 18 heavy (non-hydrogen) atoms. The van der Waals surface area contributed by atoms with E-state index in [-0.39, 0.29) is 23.9 Å². The second kappa shape index (κ2) is 5.83. The number of hydrogen-bond acceptors (Lipinski definition) is 8. The van der Waals surface area contributed by atoms with Crippen LogP contribution in [-0.4, -0.2) is 57.6 Å². The van der Waals surface area contributed by atoms with E-state index >= 15 is 0 Å². The van der Waals surface area contributed by atoms with Crippen molar-refractivity contribution in [3.05, 3.63) is 0 Å². The monoisotopic (exact) mass is 295 g/mol. The van der Waals surface area contributed by atoms with Gasteiger partial charge in [-0.2, -0.15) is 4.37 Å². The van der Waals surface area contributed by atoms with Crippen LogP contribution in [0.15, 0.2) is 4.90 Å². The molecule has 0 aliphatic rings. The van der Waals surface area contributed by atoms with Crippen molar-refractivity contribution in [1.82, 2.24) is 4.37 Å². The summed E-state index contributed by atoms with van der Waals surface area (Å²) in [5.41, 5.74) is 5.56. The Morgan fingerprint density at radius 3 is 2.72 bits per heavy atom. The van der Waals surface area contributed by atoms with Gasteiger partial charge in [0.15, 0.2) is 15.7 Å². The third-order valence-electron chi connectivity index (χ3n) is 2.22. The largest absolute Gasteiger partial charge is 0.389 e. The normalized spacial score (nSPS) is 13.6. The average Bonchev–Trinajstić information content (AvgIpc) is 2.59. The van der Waals surface area contributed by atoms with Crippen LogP contribution in [0.4, 0.5) is 10.8 Å². The van der Waals surface area contributed by atoms with Crippen molar-refractivity contribution in [3.63, 3.8) is 0 Å². The summed E-state index contributed by atoms with van der Waals surface area (Å²) in [5, 5.41) is 10.0. The van der Waals surface area contributed by atoms with Crippen LogP contribution in [0.5, 0.6) is 0 Å². The minimum Gasteiger partial charge on any atom is -0.389 e. The number of nitrogens with zero attached hydrogens (tertiary/aromatic N) is 2. The summed E-state index contributed by atoms with van der Waals surface area (Å²) in [7, 11) is -0.296. The van der Waals surface area contributed by atoms with Crippen molar-refractivity contribution in [2.75, 3.05) is 44.2 Å². The predicted molar refractivity (Wildman–Crippen MR) is 70.8 cm³/mol. The van der Waals surface area contributed by atoms with Gasteiger partial charge in [0.1, 0.15) is 9.90 Å². The van der Waals surface area contributed by atoms with Gasteiger partial charge in [0, 0.05) is 27.0 Å². The highest BCUT2D eigenvalue weighted by molar-refractivity contribution is 7.91. The molecule has 104 valence electrons. The van der Waals surface area contributed by atoms with Crippen LogP contribution in [0.1, 0.15) is 0 Å². The fraction of sp³-hybridized carbons (Fsp3) is 0.667. The van der Waals surface area contributed by atoms with Crippen LogP contribution in [0.25, 0.3) is 0 Å². The fourth-order valence-corrected chi connectivity index (χ4v) is 3.72. The molecule has 0 aromatic carbocycles. The number of nitrogen functional groups attached to an aromatic ring is 1. The molecule has 9 heteroatoms. The number of aliphatic hydroxyl groups is 1. The quantitative estimate of drug-likeness (QED) is 0.733. The van der Waals surface area contributed by atoms with Gasteiger partial charge in [-0.1, -0.05) is 0 Å². The Morgan fingerprint density at radius 1 is 1.61 bits per heavy atom. The molecule has 1 unspecified atom stereocenters. The van der Waals surface area contributed by atoms with Gasteiger partial charge in [0.25, 0.3) is 0 Å². The number of nitrogens with two attached hydrogens (primary N) is 1. The summed E-state index contributed by atoms with van der Waals surface area (Å²) in [6.45, 7) is 0.408. The fourth-order valence-electron chi connectivity index (χ4n) is 1.52. The predicted octanol–water partition coefficient (Wildman–Crippen LogP) is -0.428. The Kier molecular flexibility index (Phi) is 4.91. The van der Waals surface area contributed by atoms with Gasteiger partial charge < -0.3 is 20.5 Å². The van der Waals surface area contributed by atoms with Gasteiger partial charge in [-0.3, -0.25) is 0 Å². The third-order valence-corrected chi connectivity index (χ3v) is 4.47. The Bertz CT molecular complexity index is 500. The van der Waals surface area contributed by atoms with Gasteiger partial charge in [-0.25, -0.2) is 8.42 Å². The van der Waals surface area contributed by atoms with Gasteiger partial charge in [0.05, 0.1) is 12.7 Å². The molecule has 7 nitrogen and oxygen atoms in total. The van der Waals surface area contributed by atoms with Crippen LogP contribution in [0.3, 0.4) is 0 Å². The van der Waals surface area contributed by atoms with Crippen LogP contribution >= 0.6 is 11.5 Å². The summed E-state index contributed by atoms with van der Waals surface area (Å²) < 4.78 is 31.9. The first-order valence-electron chi connectivity index (χ1n) is 5.10. The molecule has 1 atom stereocenters. The summed E-state index contributed by atoms with van der Waals surface area (Å²) in [5.74, 6) is -0.00872. The van der Waals surface area contributed by atoms with Crippen LogP contribution in [0, 0.1) is 0 Å². The van der Waals surface area contributed by atoms with Crippen LogP contribution in [0.2, 0.25) is 0 Å². The molecule has 3 N–H and O–H groups in total. The minimum absolute atomic E-state index is 0.00872. The van der Waals surface area contributed by atoms with Crippen molar-refractivity contribution < 1.29 is 18.3 Å². The van der Waals surface area contributed by atoms with E-state index < -0.39 is 15.9 Å². The second-order valence-corrected chi connectivity index (χ2v) is 6.67. The maximum Gasteiger partial charge on any atom is 0.182 e. The van der Waals surface area contributed by atoms with E-state index in [4.69, 9.17) is 10.5 Å². The van der Waals surface area contributed by atoms with Crippen molar-refractivity contribution >= 4 is 32.2 Å². The van der Waals surface area contributed by atoms with E-state index in [1.54, 1.807) is 11.9 Å². The lowest BCUT2D eigenvalue weighted by molar-refractivity contribution is 0.0695. The second-order valence-electron chi connectivity index (χ2n) is 3.96. The number of hydrogen-bond donors (Lipinski definition) is 2. The number of anilines is 2. The lowest BCUT2D eigenvalue weighted by Gasteiger charge is -2.21. The molecular formula is C9H17N3O4S2. The Morgan fingerprint density at radius 2 is 2.22 bits per heavy atom. The number of sulfone groups is 1. The Hall–Kier alpha value is -0.900. The molecule has 0 radical (unpaired) electrons. The highest BCUT2D eigenvalue weighted by Gasteiger charge is 2.24. The van der Waals surface area contributed by atoms with Crippen molar-refractivity contribution in [2.24, 2.45) is 0 Å². The molecule has 1 aromatic heterocycles. The molecule has 1 aromatic rings. The van der Waals surface area contributed by atoms with Crippen molar-refractivity contribution in [1.29, 1.82) is 0 Å². The number of likely N-dealkylation sites (N-methyl/N-ethyl adjacent to an activating group) is 1. The number of methoxy groups -OCH3 is 1. The van der Waals surface area contributed by atoms with Gasteiger partial charge in [-0.05, 0) is 11.5 Å². The molecule has 0 saturated heterocycles. The molecule has 1 heterocycles. The van der Waals surface area contributed by atoms with E-state index in [9.17, 15) is 13.5 Å². The third kappa shape index (κ3) is 3.55. The zero-order chi connectivity index (χ0) is 13.9. The molecule has 0 saturated carbocycles. The lowest BCUT2D eigenvalue weighted by Crippen LogP contribution is -2.32. The van der Waals surface area contributed by atoms with E-state index in [0.717, 1.165) is 17.8 Å². The Labute approximate surface area is 110 Å². The maximum absolute atomic E-state index is 11.6. The highest BCUT2D eigenvalue weighted by Crippen LogP contribution is 2.33. The first kappa shape index (κ1) is 15.2. The molecule has 0 amide bonds. The van der Waals surface area contributed by atoms with Crippen LogP contribution < -0.4 is 10.6 Å². The molecule has 0 aliphatic carbocycles. The molecule has 0 spiro atoms. The highest BCUT2D eigenvalue weighted by atomic mass is 32.2. The average molecular weight is 295 g/mol. The number of rotatable bonds is 6. The molecule has 0 bridgehead atoms. The van der Waals surface area contributed by atoms with Crippen molar-refractivity contribution in [2.45, 2.75) is 11.0 Å². The SMILES string of the molecule is COCC(O)CN(C)c1snc(N)c1S(C)(=O)=O. The first-order chi connectivity index (χ1) is 8.27.